The molecule has 1 aromatic carbocycles. The molecule has 0 bridgehead atoms. The second-order valence-corrected chi connectivity index (χ2v) is 6.07. The van der Waals surface area contributed by atoms with Crippen LogP contribution >= 0.6 is 0 Å². The van der Waals surface area contributed by atoms with Crippen molar-refractivity contribution < 1.29 is 4.39 Å². The SMILES string of the molecule is CCNC(Cc1cnn(C)c1)C(C)(C)c1ccc(F)cc1. The zero-order valence-corrected chi connectivity index (χ0v) is 13.2. The summed E-state index contributed by atoms with van der Waals surface area (Å²) in [6, 6.07) is 7.08. The van der Waals surface area contributed by atoms with Crippen LogP contribution < -0.4 is 5.32 Å². The minimum Gasteiger partial charge on any atom is -0.313 e. The fraction of sp³-hybridized carbons (Fsp3) is 0.471. The number of halogens is 1. The lowest BCUT2D eigenvalue weighted by Gasteiger charge is -2.35. The molecule has 3 nitrogen and oxygen atoms in total. The Morgan fingerprint density at radius 1 is 1.29 bits per heavy atom. The van der Waals surface area contributed by atoms with Gasteiger partial charge in [0.15, 0.2) is 0 Å². The fourth-order valence-corrected chi connectivity index (χ4v) is 2.72. The molecule has 0 saturated heterocycles. The van der Waals surface area contributed by atoms with Crippen molar-refractivity contribution in [2.45, 2.75) is 38.6 Å². The second kappa shape index (κ2) is 6.39. The first-order valence-corrected chi connectivity index (χ1v) is 7.40. The molecular weight excluding hydrogens is 265 g/mol. The van der Waals surface area contributed by atoms with Crippen LogP contribution in [0.5, 0.6) is 0 Å². The molecule has 0 aliphatic rings. The average molecular weight is 289 g/mol. The zero-order chi connectivity index (χ0) is 15.5. The van der Waals surface area contributed by atoms with Gasteiger partial charge in [0.2, 0.25) is 0 Å². The Morgan fingerprint density at radius 3 is 2.48 bits per heavy atom. The predicted octanol–water partition coefficient (Wildman–Crippen LogP) is 3.06. The molecule has 1 unspecified atom stereocenters. The summed E-state index contributed by atoms with van der Waals surface area (Å²) >= 11 is 0. The van der Waals surface area contributed by atoms with Crippen molar-refractivity contribution in [2.24, 2.45) is 7.05 Å². The molecule has 0 fully saturated rings. The minimum absolute atomic E-state index is 0.0977. The molecule has 0 aliphatic heterocycles. The van der Waals surface area contributed by atoms with E-state index < -0.39 is 0 Å². The molecule has 114 valence electrons. The van der Waals surface area contributed by atoms with Crippen molar-refractivity contribution in [3.05, 3.63) is 53.6 Å². The van der Waals surface area contributed by atoms with Crippen molar-refractivity contribution >= 4 is 0 Å². The summed E-state index contributed by atoms with van der Waals surface area (Å²) in [5.74, 6) is -0.193. The minimum atomic E-state index is -0.193. The second-order valence-electron chi connectivity index (χ2n) is 6.07. The van der Waals surface area contributed by atoms with Gasteiger partial charge < -0.3 is 5.32 Å². The Bertz CT molecular complexity index is 572. The third-order valence-electron chi connectivity index (χ3n) is 4.11. The van der Waals surface area contributed by atoms with Gasteiger partial charge in [-0.15, -0.1) is 0 Å². The lowest BCUT2D eigenvalue weighted by molar-refractivity contribution is 0.342. The van der Waals surface area contributed by atoms with E-state index in [9.17, 15) is 4.39 Å². The molecule has 0 amide bonds. The van der Waals surface area contributed by atoms with Crippen molar-refractivity contribution in [2.75, 3.05) is 6.54 Å². The Morgan fingerprint density at radius 2 is 1.95 bits per heavy atom. The van der Waals surface area contributed by atoms with E-state index in [1.807, 2.05) is 36.3 Å². The van der Waals surface area contributed by atoms with E-state index in [-0.39, 0.29) is 17.3 Å². The number of nitrogens with zero attached hydrogens (tertiary/aromatic N) is 2. The van der Waals surface area contributed by atoms with E-state index in [1.165, 1.54) is 17.7 Å². The molecule has 4 heteroatoms. The third-order valence-corrected chi connectivity index (χ3v) is 4.11. The maximum absolute atomic E-state index is 13.1. The van der Waals surface area contributed by atoms with E-state index in [4.69, 9.17) is 0 Å². The maximum atomic E-state index is 13.1. The molecule has 1 heterocycles. The highest BCUT2D eigenvalue weighted by molar-refractivity contribution is 5.27. The zero-order valence-electron chi connectivity index (χ0n) is 13.2. The number of hydrogen-bond donors (Lipinski definition) is 1. The molecule has 21 heavy (non-hydrogen) atoms. The van der Waals surface area contributed by atoms with Gasteiger partial charge in [-0.05, 0) is 36.2 Å². The van der Waals surface area contributed by atoms with Gasteiger partial charge in [0.1, 0.15) is 5.82 Å². The molecule has 2 aromatic rings. The molecule has 1 aromatic heterocycles. The summed E-state index contributed by atoms with van der Waals surface area (Å²) in [7, 11) is 1.93. The van der Waals surface area contributed by atoms with Gasteiger partial charge in [-0.2, -0.15) is 5.10 Å². The fourth-order valence-electron chi connectivity index (χ4n) is 2.72. The quantitative estimate of drug-likeness (QED) is 0.886. The van der Waals surface area contributed by atoms with Gasteiger partial charge in [0.05, 0.1) is 6.20 Å². The largest absolute Gasteiger partial charge is 0.313 e. The number of nitrogens with one attached hydrogen (secondary N) is 1. The smallest absolute Gasteiger partial charge is 0.123 e. The first kappa shape index (κ1) is 15.7. The predicted molar refractivity (Wildman–Crippen MR) is 83.8 cm³/mol. The molecular formula is C17H24FN3. The lowest BCUT2D eigenvalue weighted by Crippen LogP contribution is -2.46. The van der Waals surface area contributed by atoms with Crippen molar-refractivity contribution in [3.63, 3.8) is 0 Å². The summed E-state index contributed by atoms with van der Waals surface area (Å²) in [5.41, 5.74) is 2.25. The Kier molecular flexibility index (Phi) is 4.78. The Hall–Kier alpha value is -1.68. The average Bonchev–Trinajstić information content (AvgIpc) is 2.84. The van der Waals surface area contributed by atoms with Crippen LogP contribution in [0.4, 0.5) is 4.39 Å². The van der Waals surface area contributed by atoms with Crippen LogP contribution in [0.25, 0.3) is 0 Å². The topological polar surface area (TPSA) is 29.9 Å². The molecule has 0 spiro atoms. The number of likely N-dealkylation sites (N-methyl/N-ethyl adjacent to an activating group) is 1. The van der Waals surface area contributed by atoms with Crippen LogP contribution in [0, 0.1) is 5.82 Å². The van der Waals surface area contributed by atoms with Gasteiger partial charge in [-0.25, -0.2) is 4.39 Å². The molecule has 0 saturated carbocycles. The van der Waals surface area contributed by atoms with E-state index in [0.717, 1.165) is 18.5 Å². The van der Waals surface area contributed by atoms with E-state index in [1.54, 1.807) is 0 Å². The van der Waals surface area contributed by atoms with Crippen molar-refractivity contribution in [1.82, 2.24) is 15.1 Å². The van der Waals surface area contributed by atoms with Crippen LogP contribution in [0.1, 0.15) is 31.9 Å². The molecule has 1 atom stereocenters. The lowest BCUT2D eigenvalue weighted by atomic mass is 9.75. The first-order chi connectivity index (χ1) is 9.93. The van der Waals surface area contributed by atoms with E-state index in [2.05, 4.69) is 31.2 Å². The van der Waals surface area contributed by atoms with Gasteiger partial charge >= 0.3 is 0 Å². The number of aromatic nitrogens is 2. The van der Waals surface area contributed by atoms with E-state index >= 15 is 0 Å². The van der Waals surface area contributed by atoms with Crippen LogP contribution in [0.2, 0.25) is 0 Å². The summed E-state index contributed by atoms with van der Waals surface area (Å²) < 4.78 is 15.0. The normalized spacial score (nSPS) is 13.4. The Balaban J connectivity index is 2.24. The highest BCUT2D eigenvalue weighted by atomic mass is 19.1. The molecule has 0 radical (unpaired) electrons. The van der Waals surface area contributed by atoms with Gasteiger partial charge in [0, 0.05) is 24.7 Å². The highest BCUT2D eigenvalue weighted by Gasteiger charge is 2.31. The number of rotatable bonds is 6. The van der Waals surface area contributed by atoms with Crippen LogP contribution in [0.3, 0.4) is 0 Å². The van der Waals surface area contributed by atoms with Crippen molar-refractivity contribution in [1.29, 1.82) is 0 Å². The highest BCUT2D eigenvalue weighted by Crippen LogP contribution is 2.29. The molecule has 1 N–H and O–H groups in total. The monoisotopic (exact) mass is 289 g/mol. The number of aryl methyl sites for hydroxylation is 1. The van der Waals surface area contributed by atoms with Gasteiger partial charge in [-0.3, -0.25) is 4.68 Å². The first-order valence-electron chi connectivity index (χ1n) is 7.40. The third kappa shape index (κ3) is 3.70. The molecule has 2 rings (SSSR count). The summed E-state index contributed by atoms with van der Waals surface area (Å²) in [4.78, 5) is 0. The van der Waals surface area contributed by atoms with Gasteiger partial charge in [0.25, 0.3) is 0 Å². The number of benzene rings is 1. The number of hydrogen-bond acceptors (Lipinski definition) is 2. The maximum Gasteiger partial charge on any atom is 0.123 e. The van der Waals surface area contributed by atoms with Gasteiger partial charge in [-0.1, -0.05) is 32.9 Å². The van der Waals surface area contributed by atoms with E-state index in [0.29, 0.717) is 0 Å². The summed E-state index contributed by atoms with van der Waals surface area (Å²) in [6.45, 7) is 7.40. The standard InChI is InChI=1S/C17H24FN3/c1-5-19-16(10-13-11-20-21(4)12-13)17(2,3)14-6-8-15(18)9-7-14/h6-9,11-12,16,19H,5,10H2,1-4H3. The van der Waals surface area contributed by atoms with Crippen LogP contribution in [0.15, 0.2) is 36.7 Å². The van der Waals surface area contributed by atoms with Crippen molar-refractivity contribution in [3.8, 4) is 0 Å². The molecule has 0 aliphatic carbocycles. The summed E-state index contributed by atoms with van der Waals surface area (Å²) in [5, 5.41) is 7.80. The van der Waals surface area contributed by atoms with Crippen LogP contribution in [-0.2, 0) is 18.9 Å². The van der Waals surface area contributed by atoms with Crippen LogP contribution in [-0.4, -0.2) is 22.4 Å². The summed E-state index contributed by atoms with van der Waals surface area (Å²) in [6.07, 6.45) is 4.85. The Labute approximate surface area is 126 Å².